The first-order valence-corrected chi connectivity index (χ1v) is 6.37. The molecule has 1 nitrogen and oxygen atoms in total. The Morgan fingerprint density at radius 2 is 1.94 bits per heavy atom. The molecule has 1 aromatic carbocycles. The average molecular weight is 219 g/mol. The van der Waals surface area contributed by atoms with E-state index >= 15 is 0 Å². The summed E-state index contributed by atoms with van der Waals surface area (Å²) in [6, 6.07) is 9.33. The van der Waals surface area contributed by atoms with Crippen LogP contribution in [0.3, 0.4) is 0 Å². The molecule has 1 atom stereocenters. The second kappa shape index (κ2) is 6.70. The number of hydrogen-bond acceptors (Lipinski definition) is 1. The van der Waals surface area contributed by atoms with Gasteiger partial charge in [-0.2, -0.15) is 0 Å². The van der Waals surface area contributed by atoms with Gasteiger partial charge in [-0.1, -0.05) is 56.5 Å². The molecular weight excluding hydrogens is 194 g/mol. The summed E-state index contributed by atoms with van der Waals surface area (Å²) < 4.78 is 0. The topological polar surface area (TPSA) is 12.0 Å². The SMILES string of the molecule is CNC(CCCC(C)C)c1cccc(C)c1. The van der Waals surface area contributed by atoms with E-state index in [4.69, 9.17) is 0 Å². The van der Waals surface area contributed by atoms with E-state index in [1.807, 2.05) is 0 Å². The highest BCUT2D eigenvalue weighted by atomic mass is 14.9. The maximum atomic E-state index is 3.42. The Labute approximate surface area is 100 Å². The Bertz CT molecular complexity index is 304. The van der Waals surface area contributed by atoms with Crippen LogP contribution < -0.4 is 5.32 Å². The zero-order valence-corrected chi connectivity index (χ0v) is 11.1. The van der Waals surface area contributed by atoms with Crippen LogP contribution in [0.2, 0.25) is 0 Å². The Hall–Kier alpha value is -0.820. The van der Waals surface area contributed by atoms with Crippen molar-refractivity contribution in [2.75, 3.05) is 7.05 Å². The lowest BCUT2D eigenvalue weighted by atomic mass is 9.97. The normalized spacial score (nSPS) is 13.1. The fourth-order valence-corrected chi connectivity index (χ4v) is 2.09. The zero-order valence-electron chi connectivity index (χ0n) is 11.1. The van der Waals surface area contributed by atoms with Crippen LogP contribution in [0.1, 0.15) is 50.3 Å². The number of aryl methyl sites for hydroxylation is 1. The summed E-state index contributed by atoms with van der Waals surface area (Å²) in [5.74, 6) is 0.815. The van der Waals surface area contributed by atoms with E-state index in [1.165, 1.54) is 30.4 Å². The number of benzene rings is 1. The summed E-state index contributed by atoms with van der Waals surface area (Å²) >= 11 is 0. The predicted octanol–water partition coefficient (Wildman–Crippen LogP) is 4.08. The summed E-state index contributed by atoms with van der Waals surface area (Å²) in [6.45, 7) is 6.74. The van der Waals surface area contributed by atoms with Crippen LogP contribution in [0, 0.1) is 12.8 Å². The second-order valence-corrected chi connectivity index (χ2v) is 5.08. The monoisotopic (exact) mass is 219 g/mol. The highest BCUT2D eigenvalue weighted by molar-refractivity contribution is 5.24. The van der Waals surface area contributed by atoms with Crippen molar-refractivity contribution in [1.82, 2.24) is 5.32 Å². The van der Waals surface area contributed by atoms with Crippen molar-refractivity contribution in [1.29, 1.82) is 0 Å². The van der Waals surface area contributed by atoms with E-state index < -0.39 is 0 Å². The van der Waals surface area contributed by atoms with Gasteiger partial charge in [0.05, 0.1) is 0 Å². The molecule has 90 valence electrons. The molecule has 1 aromatic rings. The molecule has 0 saturated heterocycles. The molecule has 0 radical (unpaired) electrons. The smallest absolute Gasteiger partial charge is 0.0317 e. The van der Waals surface area contributed by atoms with Crippen LogP contribution >= 0.6 is 0 Å². The second-order valence-electron chi connectivity index (χ2n) is 5.08. The third-order valence-corrected chi connectivity index (χ3v) is 3.07. The van der Waals surface area contributed by atoms with E-state index in [2.05, 4.69) is 57.4 Å². The van der Waals surface area contributed by atoms with Crippen molar-refractivity contribution in [2.45, 2.75) is 46.1 Å². The van der Waals surface area contributed by atoms with E-state index in [0.717, 1.165) is 5.92 Å². The molecule has 0 aliphatic carbocycles. The maximum absolute atomic E-state index is 3.42. The summed E-state index contributed by atoms with van der Waals surface area (Å²) in [6.07, 6.45) is 3.86. The molecule has 0 amide bonds. The van der Waals surface area contributed by atoms with Crippen LogP contribution in [0.15, 0.2) is 24.3 Å². The minimum Gasteiger partial charge on any atom is -0.313 e. The van der Waals surface area contributed by atoms with Crippen LogP contribution in [0.25, 0.3) is 0 Å². The molecule has 0 aliphatic rings. The maximum Gasteiger partial charge on any atom is 0.0317 e. The Balaban J connectivity index is 2.53. The standard InChI is InChI=1S/C15H25N/c1-12(2)7-5-10-15(16-4)14-9-6-8-13(3)11-14/h6,8-9,11-12,15-16H,5,7,10H2,1-4H3. The van der Waals surface area contributed by atoms with Crippen molar-refractivity contribution in [3.8, 4) is 0 Å². The van der Waals surface area contributed by atoms with E-state index in [9.17, 15) is 0 Å². The lowest BCUT2D eigenvalue weighted by Gasteiger charge is -2.17. The first kappa shape index (κ1) is 13.2. The number of hydrogen-bond donors (Lipinski definition) is 1. The molecular formula is C15H25N. The molecule has 16 heavy (non-hydrogen) atoms. The van der Waals surface area contributed by atoms with Crippen molar-refractivity contribution in [2.24, 2.45) is 5.92 Å². The lowest BCUT2D eigenvalue weighted by Crippen LogP contribution is -2.16. The van der Waals surface area contributed by atoms with Crippen LogP contribution in [-0.2, 0) is 0 Å². The third kappa shape index (κ3) is 4.36. The largest absolute Gasteiger partial charge is 0.313 e. The minimum atomic E-state index is 0.513. The van der Waals surface area contributed by atoms with Gasteiger partial charge >= 0.3 is 0 Å². The Morgan fingerprint density at radius 1 is 1.19 bits per heavy atom. The molecule has 1 heteroatoms. The molecule has 0 saturated carbocycles. The van der Waals surface area contributed by atoms with Gasteiger partial charge < -0.3 is 5.32 Å². The fraction of sp³-hybridized carbons (Fsp3) is 0.600. The quantitative estimate of drug-likeness (QED) is 0.760. The Kier molecular flexibility index (Phi) is 5.54. The fourth-order valence-electron chi connectivity index (χ4n) is 2.09. The van der Waals surface area contributed by atoms with Gasteiger partial charge in [0, 0.05) is 6.04 Å². The molecule has 0 spiro atoms. The van der Waals surface area contributed by atoms with E-state index in [0.29, 0.717) is 6.04 Å². The van der Waals surface area contributed by atoms with Crippen molar-refractivity contribution < 1.29 is 0 Å². The van der Waals surface area contributed by atoms with Gasteiger partial charge in [-0.25, -0.2) is 0 Å². The predicted molar refractivity (Wildman–Crippen MR) is 71.7 cm³/mol. The van der Waals surface area contributed by atoms with Crippen LogP contribution in [0.4, 0.5) is 0 Å². The highest BCUT2D eigenvalue weighted by Gasteiger charge is 2.08. The van der Waals surface area contributed by atoms with Gasteiger partial charge in [-0.3, -0.25) is 0 Å². The van der Waals surface area contributed by atoms with Crippen molar-refractivity contribution in [3.05, 3.63) is 35.4 Å². The third-order valence-electron chi connectivity index (χ3n) is 3.07. The van der Waals surface area contributed by atoms with Crippen molar-refractivity contribution >= 4 is 0 Å². The zero-order chi connectivity index (χ0) is 12.0. The molecule has 0 aliphatic heterocycles. The molecule has 0 fully saturated rings. The Morgan fingerprint density at radius 3 is 2.50 bits per heavy atom. The lowest BCUT2D eigenvalue weighted by molar-refractivity contribution is 0.470. The first-order chi connectivity index (χ1) is 7.63. The van der Waals surface area contributed by atoms with Gasteiger partial charge in [0.15, 0.2) is 0 Å². The summed E-state index contributed by atoms with van der Waals surface area (Å²) in [7, 11) is 2.06. The summed E-state index contributed by atoms with van der Waals surface area (Å²) in [5.41, 5.74) is 2.77. The summed E-state index contributed by atoms with van der Waals surface area (Å²) in [4.78, 5) is 0. The van der Waals surface area contributed by atoms with Crippen molar-refractivity contribution in [3.63, 3.8) is 0 Å². The van der Waals surface area contributed by atoms with Gasteiger partial charge in [0.2, 0.25) is 0 Å². The molecule has 1 unspecified atom stereocenters. The molecule has 1 N–H and O–H groups in total. The van der Waals surface area contributed by atoms with E-state index in [-0.39, 0.29) is 0 Å². The molecule has 0 aromatic heterocycles. The van der Waals surface area contributed by atoms with E-state index in [1.54, 1.807) is 0 Å². The number of rotatable bonds is 6. The van der Waals surface area contributed by atoms with Gasteiger partial charge in [-0.15, -0.1) is 0 Å². The van der Waals surface area contributed by atoms with Gasteiger partial charge in [0.25, 0.3) is 0 Å². The number of nitrogens with one attached hydrogen (secondary N) is 1. The molecule has 0 bridgehead atoms. The average Bonchev–Trinajstić information content (AvgIpc) is 2.24. The molecule has 1 rings (SSSR count). The highest BCUT2D eigenvalue weighted by Crippen LogP contribution is 2.21. The van der Waals surface area contributed by atoms with Crippen LogP contribution in [0.5, 0.6) is 0 Å². The van der Waals surface area contributed by atoms with Gasteiger partial charge in [-0.05, 0) is 31.9 Å². The van der Waals surface area contributed by atoms with Gasteiger partial charge in [0.1, 0.15) is 0 Å². The van der Waals surface area contributed by atoms with Crippen LogP contribution in [-0.4, -0.2) is 7.05 Å². The minimum absolute atomic E-state index is 0.513. The molecule has 0 heterocycles. The first-order valence-electron chi connectivity index (χ1n) is 6.37. The summed E-state index contributed by atoms with van der Waals surface area (Å²) in [5, 5.41) is 3.42.